The molecule has 0 saturated carbocycles. The van der Waals surface area contributed by atoms with Crippen LogP contribution < -0.4 is 20.1 Å². The highest BCUT2D eigenvalue weighted by Crippen LogP contribution is 2.32. The SMILES string of the molecule is COc1ncc(-c2cc(N3CCCC3)c(N)nn2)c(OC)n1. The minimum atomic E-state index is 0.240. The lowest BCUT2D eigenvalue weighted by atomic mass is 10.2. The zero-order valence-corrected chi connectivity index (χ0v) is 12.6. The number of hydrogen-bond donors (Lipinski definition) is 1. The Morgan fingerprint density at radius 3 is 2.59 bits per heavy atom. The number of nitrogen functional groups attached to an aromatic ring is 1. The third-order valence-electron chi connectivity index (χ3n) is 3.63. The van der Waals surface area contributed by atoms with Gasteiger partial charge in [0, 0.05) is 19.3 Å². The molecule has 0 unspecified atom stereocenters. The van der Waals surface area contributed by atoms with Crippen molar-refractivity contribution < 1.29 is 9.47 Å². The molecule has 0 aliphatic carbocycles. The molecule has 1 aliphatic rings. The minimum Gasteiger partial charge on any atom is -0.480 e. The predicted molar refractivity (Wildman–Crippen MR) is 82.0 cm³/mol. The first-order valence-corrected chi connectivity index (χ1v) is 7.06. The Bertz CT molecular complexity index is 672. The first-order chi connectivity index (χ1) is 10.7. The van der Waals surface area contributed by atoms with E-state index in [2.05, 4.69) is 25.1 Å². The van der Waals surface area contributed by atoms with Crippen LogP contribution in [0.4, 0.5) is 11.5 Å². The van der Waals surface area contributed by atoms with Gasteiger partial charge in [-0.05, 0) is 18.9 Å². The molecule has 0 spiro atoms. The van der Waals surface area contributed by atoms with Crippen molar-refractivity contribution in [2.24, 2.45) is 0 Å². The maximum atomic E-state index is 5.97. The monoisotopic (exact) mass is 302 g/mol. The van der Waals surface area contributed by atoms with E-state index in [-0.39, 0.29) is 6.01 Å². The van der Waals surface area contributed by atoms with Crippen molar-refractivity contribution >= 4 is 11.5 Å². The third-order valence-corrected chi connectivity index (χ3v) is 3.63. The largest absolute Gasteiger partial charge is 0.480 e. The predicted octanol–water partition coefficient (Wildman–Crippen LogP) is 1.13. The molecule has 0 amide bonds. The Labute approximate surface area is 128 Å². The summed E-state index contributed by atoms with van der Waals surface area (Å²) < 4.78 is 10.3. The van der Waals surface area contributed by atoms with Crippen LogP contribution in [0.2, 0.25) is 0 Å². The Morgan fingerprint density at radius 2 is 1.91 bits per heavy atom. The van der Waals surface area contributed by atoms with Crippen LogP contribution in [-0.2, 0) is 0 Å². The fourth-order valence-corrected chi connectivity index (χ4v) is 2.51. The maximum absolute atomic E-state index is 5.97. The molecule has 2 aromatic rings. The highest BCUT2D eigenvalue weighted by Gasteiger charge is 2.19. The summed E-state index contributed by atoms with van der Waals surface area (Å²) in [7, 11) is 3.04. The van der Waals surface area contributed by atoms with Gasteiger partial charge in [0.1, 0.15) is 5.69 Å². The zero-order chi connectivity index (χ0) is 15.5. The van der Waals surface area contributed by atoms with Crippen molar-refractivity contribution in [2.75, 3.05) is 37.9 Å². The van der Waals surface area contributed by atoms with Crippen LogP contribution in [0.15, 0.2) is 12.3 Å². The Morgan fingerprint density at radius 1 is 1.14 bits per heavy atom. The molecule has 3 rings (SSSR count). The number of ether oxygens (including phenoxy) is 2. The number of aromatic nitrogens is 4. The van der Waals surface area contributed by atoms with Gasteiger partial charge in [0.05, 0.1) is 25.5 Å². The summed E-state index contributed by atoms with van der Waals surface area (Å²) in [6.45, 7) is 1.96. The van der Waals surface area contributed by atoms with Crippen LogP contribution in [0.25, 0.3) is 11.3 Å². The van der Waals surface area contributed by atoms with Gasteiger partial charge in [-0.3, -0.25) is 0 Å². The lowest BCUT2D eigenvalue weighted by molar-refractivity contribution is 0.353. The van der Waals surface area contributed by atoms with Gasteiger partial charge in [-0.15, -0.1) is 10.2 Å². The molecule has 1 fully saturated rings. The second kappa shape index (κ2) is 6.00. The van der Waals surface area contributed by atoms with Gasteiger partial charge < -0.3 is 20.1 Å². The maximum Gasteiger partial charge on any atom is 0.319 e. The van der Waals surface area contributed by atoms with Crippen LogP contribution >= 0.6 is 0 Å². The van der Waals surface area contributed by atoms with E-state index in [9.17, 15) is 0 Å². The number of methoxy groups -OCH3 is 2. The molecule has 0 bridgehead atoms. The van der Waals surface area contributed by atoms with E-state index in [1.807, 2.05) is 6.07 Å². The molecule has 2 N–H and O–H groups in total. The molecule has 8 heteroatoms. The van der Waals surface area contributed by atoms with Gasteiger partial charge in [-0.25, -0.2) is 4.98 Å². The van der Waals surface area contributed by atoms with Gasteiger partial charge >= 0.3 is 6.01 Å². The summed E-state index contributed by atoms with van der Waals surface area (Å²) in [5.41, 5.74) is 8.13. The summed E-state index contributed by atoms with van der Waals surface area (Å²) in [6, 6.07) is 2.14. The average Bonchev–Trinajstić information content (AvgIpc) is 3.09. The van der Waals surface area contributed by atoms with Crippen LogP contribution in [0.3, 0.4) is 0 Å². The second-order valence-electron chi connectivity index (χ2n) is 4.97. The fourth-order valence-electron chi connectivity index (χ4n) is 2.51. The van der Waals surface area contributed by atoms with Crippen LogP contribution in [-0.4, -0.2) is 47.5 Å². The normalized spacial score (nSPS) is 14.2. The molecule has 22 heavy (non-hydrogen) atoms. The molecule has 1 aliphatic heterocycles. The molecule has 116 valence electrons. The van der Waals surface area contributed by atoms with Gasteiger partial charge in [-0.1, -0.05) is 0 Å². The zero-order valence-electron chi connectivity index (χ0n) is 12.6. The smallest absolute Gasteiger partial charge is 0.319 e. The number of nitrogens with two attached hydrogens (primary N) is 1. The van der Waals surface area contributed by atoms with E-state index in [0.717, 1.165) is 31.6 Å². The number of hydrogen-bond acceptors (Lipinski definition) is 8. The van der Waals surface area contributed by atoms with Crippen molar-refractivity contribution in [2.45, 2.75) is 12.8 Å². The fraction of sp³-hybridized carbons (Fsp3) is 0.429. The molecular formula is C14H18N6O2. The summed E-state index contributed by atoms with van der Waals surface area (Å²) in [4.78, 5) is 10.5. The quantitative estimate of drug-likeness (QED) is 0.897. The molecule has 3 heterocycles. The van der Waals surface area contributed by atoms with Gasteiger partial charge in [0.25, 0.3) is 0 Å². The number of nitrogens with zero attached hydrogens (tertiary/aromatic N) is 5. The van der Waals surface area contributed by atoms with Gasteiger partial charge in [0.15, 0.2) is 5.82 Å². The average molecular weight is 302 g/mol. The van der Waals surface area contributed by atoms with Gasteiger partial charge in [0.2, 0.25) is 5.88 Å². The molecule has 0 aromatic carbocycles. The van der Waals surface area contributed by atoms with Crippen molar-refractivity contribution in [3.8, 4) is 23.1 Å². The number of rotatable bonds is 4. The molecule has 0 radical (unpaired) electrons. The van der Waals surface area contributed by atoms with Crippen molar-refractivity contribution in [1.29, 1.82) is 0 Å². The Kier molecular flexibility index (Phi) is 3.90. The molecule has 1 saturated heterocycles. The van der Waals surface area contributed by atoms with E-state index in [0.29, 0.717) is 23.0 Å². The second-order valence-corrected chi connectivity index (χ2v) is 4.97. The topological polar surface area (TPSA) is 99.3 Å². The van der Waals surface area contributed by atoms with Gasteiger partial charge in [-0.2, -0.15) is 4.98 Å². The molecule has 2 aromatic heterocycles. The third kappa shape index (κ3) is 2.59. The Balaban J connectivity index is 2.03. The first-order valence-electron chi connectivity index (χ1n) is 7.06. The first kappa shape index (κ1) is 14.3. The summed E-state index contributed by atoms with van der Waals surface area (Å²) in [5.74, 6) is 0.817. The van der Waals surface area contributed by atoms with Crippen LogP contribution in [0.5, 0.6) is 11.9 Å². The van der Waals surface area contributed by atoms with E-state index >= 15 is 0 Å². The van der Waals surface area contributed by atoms with E-state index < -0.39 is 0 Å². The van der Waals surface area contributed by atoms with Crippen molar-refractivity contribution in [3.63, 3.8) is 0 Å². The lowest BCUT2D eigenvalue weighted by Crippen LogP contribution is -2.20. The molecule has 8 nitrogen and oxygen atoms in total. The van der Waals surface area contributed by atoms with E-state index in [4.69, 9.17) is 15.2 Å². The van der Waals surface area contributed by atoms with Crippen molar-refractivity contribution in [1.82, 2.24) is 20.2 Å². The van der Waals surface area contributed by atoms with E-state index in [1.165, 1.54) is 14.2 Å². The summed E-state index contributed by atoms with van der Waals surface area (Å²) in [5, 5.41) is 8.20. The number of anilines is 2. The molecular weight excluding hydrogens is 284 g/mol. The minimum absolute atomic E-state index is 0.240. The van der Waals surface area contributed by atoms with Crippen molar-refractivity contribution in [3.05, 3.63) is 12.3 Å². The highest BCUT2D eigenvalue weighted by molar-refractivity contribution is 5.73. The summed E-state index contributed by atoms with van der Waals surface area (Å²) >= 11 is 0. The standard InChI is InChI=1S/C14H18N6O2/c1-21-13-9(8-16-14(17-13)22-2)10-7-11(12(15)19-18-10)20-5-3-4-6-20/h7-8H,3-6H2,1-2H3,(H2,15,19). The lowest BCUT2D eigenvalue weighted by Gasteiger charge is -2.19. The highest BCUT2D eigenvalue weighted by atomic mass is 16.5. The van der Waals surface area contributed by atoms with Crippen LogP contribution in [0.1, 0.15) is 12.8 Å². The van der Waals surface area contributed by atoms with E-state index in [1.54, 1.807) is 6.20 Å². The Hall–Kier alpha value is -2.64. The summed E-state index contributed by atoms with van der Waals surface area (Å²) in [6.07, 6.45) is 3.93. The van der Waals surface area contributed by atoms with Crippen LogP contribution in [0, 0.1) is 0 Å². The molecule has 0 atom stereocenters.